The van der Waals surface area contributed by atoms with Gasteiger partial charge in [-0.1, -0.05) is 37.3 Å². The molecule has 2 aromatic heterocycles. The van der Waals surface area contributed by atoms with Gasteiger partial charge in [-0.3, -0.25) is 28.9 Å². The summed E-state index contributed by atoms with van der Waals surface area (Å²) >= 11 is 0. The lowest BCUT2D eigenvalue weighted by atomic mass is 10.0. The number of hydrogen-bond donors (Lipinski definition) is 4. The van der Waals surface area contributed by atoms with Gasteiger partial charge in [0.2, 0.25) is 10.0 Å². The van der Waals surface area contributed by atoms with Crippen LogP contribution < -0.4 is 26.5 Å². The van der Waals surface area contributed by atoms with E-state index < -0.39 is 27.0 Å². The van der Waals surface area contributed by atoms with Crippen molar-refractivity contribution in [3.63, 3.8) is 0 Å². The maximum atomic E-state index is 13.1. The van der Waals surface area contributed by atoms with E-state index in [0.29, 0.717) is 6.42 Å². The molecule has 14 heteroatoms. The van der Waals surface area contributed by atoms with Crippen molar-refractivity contribution >= 4 is 38.8 Å². The second-order valence-corrected chi connectivity index (χ2v) is 10.2. The summed E-state index contributed by atoms with van der Waals surface area (Å²) in [6, 6.07) is 9.13. The summed E-state index contributed by atoms with van der Waals surface area (Å²) in [5.74, 6) is -0.559. The van der Waals surface area contributed by atoms with Crippen LogP contribution in [0.4, 0.5) is 22.9 Å². The summed E-state index contributed by atoms with van der Waals surface area (Å²) in [6.07, 6.45) is 1.53. The number of hydrogen-bond acceptors (Lipinski definition) is 8. The molecule has 0 aliphatic carbocycles. The molecule has 0 saturated heterocycles. The molecular weight excluding hydrogens is 488 g/mol. The van der Waals surface area contributed by atoms with Gasteiger partial charge in [-0.05, 0) is 12.0 Å². The van der Waals surface area contributed by atoms with E-state index in [1.807, 2.05) is 37.3 Å². The fourth-order valence-corrected chi connectivity index (χ4v) is 4.17. The molecule has 194 valence electrons. The molecule has 0 aliphatic heterocycles. The molecular formula is C22H30N8O5S. The van der Waals surface area contributed by atoms with Crippen LogP contribution in [0.1, 0.15) is 35.4 Å². The van der Waals surface area contributed by atoms with Crippen molar-refractivity contribution < 1.29 is 13.2 Å². The predicted octanol–water partition coefficient (Wildman–Crippen LogP) is 1.19. The molecule has 0 unspecified atom stereocenters. The second kappa shape index (κ2) is 10.3. The summed E-state index contributed by atoms with van der Waals surface area (Å²) in [5.41, 5.74) is -0.766. The number of amides is 1. The molecule has 36 heavy (non-hydrogen) atoms. The Morgan fingerprint density at radius 2 is 1.75 bits per heavy atom. The van der Waals surface area contributed by atoms with E-state index in [9.17, 15) is 22.8 Å². The van der Waals surface area contributed by atoms with Crippen molar-refractivity contribution in [1.82, 2.24) is 24.5 Å². The SMILES string of the molecule is CC[C@@H](Nc1c(Nc2c(NS(C)(=O)=O)c(C(=O)N(C)C)nn2C)c(=O)[nH]n(C)c1=O)c1ccccc1. The summed E-state index contributed by atoms with van der Waals surface area (Å²) in [7, 11) is 2.05. The molecule has 13 nitrogen and oxygen atoms in total. The first-order valence-corrected chi connectivity index (χ1v) is 12.9. The summed E-state index contributed by atoms with van der Waals surface area (Å²) in [4.78, 5) is 40.1. The molecule has 0 saturated carbocycles. The van der Waals surface area contributed by atoms with Crippen LogP contribution in [0.5, 0.6) is 0 Å². The standard InChI is InChI=1S/C22H30N8O5S/c1-7-14(13-11-9-8-10-12-13)23-17-16(20(31)26-30(5)22(17)33)24-19-15(27-36(6,34)35)18(25-29(19)4)21(32)28(2)3/h8-12,14,23-24,27H,7H2,1-6H3,(H,26,31)/t14-/m1/s1. The topological polar surface area (TPSA) is 163 Å². The Kier molecular flexibility index (Phi) is 7.57. The van der Waals surface area contributed by atoms with Gasteiger partial charge in [0.25, 0.3) is 17.0 Å². The van der Waals surface area contributed by atoms with Crippen LogP contribution in [0.15, 0.2) is 39.9 Å². The molecule has 0 fully saturated rings. The molecule has 1 atom stereocenters. The first-order chi connectivity index (χ1) is 16.8. The number of aryl methyl sites for hydroxylation is 2. The Balaban J connectivity index is 2.19. The minimum atomic E-state index is -3.84. The van der Waals surface area contributed by atoms with Crippen LogP contribution in [0.2, 0.25) is 0 Å². The molecule has 0 bridgehead atoms. The van der Waals surface area contributed by atoms with Crippen molar-refractivity contribution in [2.45, 2.75) is 19.4 Å². The number of carbonyl (C=O) groups is 1. The number of aromatic amines is 1. The highest BCUT2D eigenvalue weighted by Gasteiger charge is 2.27. The van der Waals surface area contributed by atoms with Crippen LogP contribution in [0, 0.1) is 0 Å². The van der Waals surface area contributed by atoms with E-state index in [2.05, 4.69) is 25.6 Å². The van der Waals surface area contributed by atoms with Gasteiger partial charge in [0.05, 0.1) is 12.3 Å². The van der Waals surface area contributed by atoms with Gasteiger partial charge in [0.1, 0.15) is 17.1 Å². The van der Waals surface area contributed by atoms with Crippen molar-refractivity contribution in [2.75, 3.05) is 35.7 Å². The van der Waals surface area contributed by atoms with Crippen LogP contribution in [-0.2, 0) is 24.1 Å². The maximum absolute atomic E-state index is 13.1. The fraction of sp³-hybridized carbons (Fsp3) is 0.364. The molecule has 0 aliphatic rings. The minimum absolute atomic E-state index is 0.000174. The van der Waals surface area contributed by atoms with Gasteiger partial charge in [0, 0.05) is 28.2 Å². The Hall–Kier alpha value is -4.07. The van der Waals surface area contributed by atoms with E-state index in [4.69, 9.17) is 0 Å². The number of nitrogens with one attached hydrogen (secondary N) is 4. The predicted molar refractivity (Wildman–Crippen MR) is 138 cm³/mol. The zero-order valence-electron chi connectivity index (χ0n) is 20.9. The normalized spacial score (nSPS) is 12.2. The number of rotatable bonds is 9. The number of benzene rings is 1. The van der Waals surface area contributed by atoms with E-state index in [1.54, 1.807) is 0 Å². The molecule has 1 aromatic carbocycles. The number of carbonyl (C=O) groups excluding carboxylic acids is 1. The van der Waals surface area contributed by atoms with Crippen molar-refractivity contribution in [2.24, 2.45) is 14.1 Å². The van der Waals surface area contributed by atoms with E-state index in [0.717, 1.165) is 16.5 Å². The van der Waals surface area contributed by atoms with E-state index in [-0.39, 0.29) is 34.6 Å². The lowest BCUT2D eigenvalue weighted by molar-refractivity contribution is 0.0822. The van der Waals surface area contributed by atoms with Crippen molar-refractivity contribution in [1.29, 1.82) is 0 Å². The van der Waals surface area contributed by atoms with Gasteiger partial charge < -0.3 is 15.5 Å². The Bertz CT molecular complexity index is 1490. The first kappa shape index (κ1) is 26.5. The Labute approximate surface area is 208 Å². The Morgan fingerprint density at radius 1 is 1.11 bits per heavy atom. The van der Waals surface area contributed by atoms with Crippen molar-refractivity contribution in [3.8, 4) is 0 Å². The van der Waals surface area contributed by atoms with Crippen molar-refractivity contribution in [3.05, 3.63) is 62.3 Å². The van der Waals surface area contributed by atoms with E-state index >= 15 is 0 Å². The third-order valence-electron chi connectivity index (χ3n) is 5.38. The highest BCUT2D eigenvalue weighted by Crippen LogP contribution is 2.32. The maximum Gasteiger partial charge on any atom is 0.290 e. The van der Waals surface area contributed by atoms with Crippen LogP contribution >= 0.6 is 0 Å². The van der Waals surface area contributed by atoms with Gasteiger partial charge in [-0.25, -0.2) is 13.1 Å². The molecule has 3 rings (SSSR count). The van der Waals surface area contributed by atoms with Gasteiger partial charge in [0.15, 0.2) is 11.5 Å². The second-order valence-electron chi connectivity index (χ2n) is 8.47. The highest BCUT2D eigenvalue weighted by molar-refractivity contribution is 7.92. The number of anilines is 4. The van der Waals surface area contributed by atoms with Crippen LogP contribution in [0.25, 0.3) is 0 Å². The number of nitrogens with zero attached hydrogens (tertiary/aromatic N) is 4. The first-order valence-electron chi connectivity index (χ1n) is 11.0. The lowest BCUT2D eigenvalue weighted by Gasteiger charge is -2.21. The largest absolute Gasteiger partial charge is 0.372 e. The molecule has 1 amide bonds. The Morgan fingerprint density at radius 3 is 2.31 bits per heavy atom. The fourth-order valence-electron chi connectivity index (χ4n) is 3.61. The molecule has 3 aromatic rings. The van der Waals surface area contributed by atoms with Gasteiger partial charge in [-0.2, -0.15) is 5.10 Å². The third-order valence-corrected chi connectivity index (χ3v) is 5.96. The average Bonchev–Trinajstić information content (AvgIpc) is 3.10. The van der Waals surface area contributed by atoms with Crippen LogP contribution in [-0.4, -0.2) is 59.1 Å². The molecule has 4 N–H and O–H groups in total. The average molecular weight is 519 g/mol. The minimum Gasteiger partial charge on any atom is -0.372 e. The summed E-state index contributed by atoms with van der Waals surface area (Å²) < 4.78 is 28.8. The zero-order valence-corrected chi connectivity index (χ0v) is 21.7. The zero-order chi connectivity index (χ0) is 26.8. The number of aromatic nitrogens is 4. The van der Waals surface area contributed by atoms with Gasteiger partial charge in [-0.15, -0.1) is 0 Å². The number of sulfonamides is 1. The summed E-state index contributed by atoms with van der Waals surface area (Å²) in [6.45, 7) is 1.93. The van der Waals surface area contributed by atoms with Crippen LogP contribution in [0.3, 0.4) is 0 Å². The molecule has 2 heterocycles. The van der Waals surface area contributed by atoms with Gasteiger partial charge >= 0.3 is 0 Å². The van der Waals surface area contributed by atoms with E-state index in [1.165, 1.54) is 37.8 Å². The highest BCUT2D eigenvalue weighted by atomic mass is 32.2. The molecule has 0 spiro atoms. The quantitative estimate of drug-likeness (QED) is 0.328. The molecule has 0 radical (unpaired) electrons. The smallest absolute Gasteiger partial charge is 0.290 e. The monoisotopic (exact) mass is 518 g/mol. The third kappa shape index (κ3) is 5.59. The number of H-pyrrole nitrogens is 1. The summed E-state index contributed by atoms with van der Waals surface area (Å²) in [5, 5.41) is 12.6. The lowest BCUT2D eigenvalue weighted by Crippen LogP contribution is -2.33.